The average Bonchev–Trinajstić information content (AvgIpc) is 2.67. The largest absolute Gasteiger partial charge is 0.498 e. The summed E-state index contributed by atoms with van der Waals surface area (Å²) in [5.41, 5.74) is 0. The first-order valence-electron chi connectivity index (χ1n) is 8.93. The van der Waals surface area contributed by atoms with Gasteiger partial charge in [-0.05, 0) is 19.8 Å². The summed E-state index contributed by atoms with van der Waals surface area (Å²) in [7, 11) is -3.17. The zero-order valence-electron chi connectivity index (χ0n) is 16.1. The molecule has 0 aliphatic rings. The molecule has 0 saturated carbocycles. The molecule has 27 heavy (non-hydrogen) atoms. The number of nitrogens with zero attached hydrogens (tertiary/aromatic N) is 3. The van der Waals surface area contributed by atoms with E-state index in [1.807, 2.05) is 13.8 Å². The highest BCUT2D eigenvalue weighted by molar-refractivity contribution is 6.59. The van der Waals surface area contributed by atoms with Crippen molar-refractivity contribution >= 4 is 8.80 Å². The maximum atomic E-state index is 10.5. The molecular weight excluding hydrogens is 370 g/mol. The van der Waals surface area contributed by atoms with Gasteiger partial charge in [-0.25, -0.2) is 0 Å². The molecule has 9 nitrogen and oxygen atoms in total. The van der Waals surface area contributed by atoms with Crippen LogP contribution in [0, 0.1) is 0 Å². The van der Waals surface area contributed by atoms with Gasteiger partial charge in [0.2, 0.25) is 0 Å². The van der Waals surface area contributed by atoms with E-state index in [0.29, 0.717) is 25.7 Å². The van der Waals surface area contributed by atoms with Crippen LogP contribution >= 0.6 is 0 Å². The standard InChI is InChI=1S/C17H29N3O6Si/c1-5-10-22-15-18-16(23-11-6-2)20-17(19-15)24-13-9-14-27(21,25-8-4)26-12-7-3/h5-6,21H,1-2,7-14H2,3-4H3. The third-order valence-corrected chi connectivity index (χ3v) is 5.38. The van der Waals surface area contributed by atoms with Crippen LogP contribution < -0.4 is 14.2 Å². The van der Waals surface area contributed by atoms with Crippen LogP contribution in [0.2, 0.25) is 6.04 Å². The Morgan fingerprint density at radius 3 is 1.93 bits per heavy atom. The number of ether oxygens (including phenoxy) is 3. The van der Waals surface area contributed by atoms with E-state index in [4.69, 9.17) is 23.1 Å². The maximum absolute atomic E-state index is 10.5. The van der Waals surface area contributed by atoms with Gasteiger partial charge in [-0.15, -0.1) is 15.0 Å². The quantitative estimate of drug-likeness (QED) is 0.254. The minimum Gasteiger partial charge on any atom is -0.463 e. The minimum atomic E-state index is -3.17. The van der Waals surface area contributed by atoms with E-state index in [1.165, 1.54) is 0 Å². The van der Waals surface area contributed by atoms with Crippen molar-refractivity contribution in [2.24, 2.45) is 0 Å². The van der Waals surface area contributed by atoms with Crippen LogP contribution in [0.4, 0.5) is 0 Å². The van der Waals surface area contributed by atoms with E-state index in [0.717, 1.165) is 6.42 Å². The molecule has 1 rings (SSSR count). The average molecular weight is 400 g/mol. The third-order valence-electron chi connectivity index (χ3n) is 3.00. The monoisotopic (exact) mass is 399 g/mol. The molecular formula is C17H29N3O6Si. The molecule has 0 saturated heterocycles. The van der Waals surface area contributed by atoms with Crippen LogP contribution in [0.5, 0.6) is 18.0 Å². The first kappa shape index (κ1) is 23.0. The van der Waals surface area contributed by atoms with Gasteiger partial charge in [0.1, 0.15) is 13.2 Å². The van der Waals surface area contributed by atoms with Crippen LogP contribution in [0.1, 0.15) is 26.7 Å². The summed E-state index contributed by atoms with van der Waals surface area (Å²) in [6.45, 7) is 12.6. The Kier molecular flexibility index (Phi) is 11.3. The first-order valence-corrected chi connectivity index (χ1v) is 10.9. The Hall–Kier alpha value is -2.01. The molecule has 10 heteroatoms. The van der Waals surface area contributed by atoms with E-state index in [1.54, 1.807) is 12.2 Å². The van der Waals surface area contributed by atoms with Gasteiger partial charge in [-0.3, -0.25) is 0 Å². The normalized spacial score (nSPS) is 12.9. The van der Waals surface area contributed by atoms with Crippen molar-refractivity contribution < 1.29 is 27.9 Å². The SMILES string of the molecule is C=CCOc1nc(OCC=C)nc(OCCC[Si](O)(OCC)OCCC)n1. The molecule has 152 valence electrons. The van der Waals surface area contributed by atoms with Gasteiger partial charge in [-0.2, -0.15) is 0 Å². The van der Waals surface area contributed by atoms with Crippen molar-refractivity contribution in [2.75, 3.05) is 33.0 Å². The second-order valence-electron chi connectivity index (χ2n) is 5.33. The highest BCUT2D eigenvalue weighted by Gasteiger charge is 2.35. The minimum absolute atomic E-state index is 0.0687. The molecule has 0 aliphatic carbocycles. The number of hydrogen-bond acceptors (Lipinski definition) is 9. The summed E-state index contributed by atoms with van der Waals surface area (Å²) in [5, 5.41) is 0. The van der Waals surface area contributed by atoms with Gasteiger partial charge < -0.3 is 27.9 Å². The molecule has 1 aromatic rings. The van der Waals surface area contributed by atoms with E-state index < -0.39 is 8.80 Å². The smallest absolute Gasteiger partial charge is 0.463 e. The summed E-state index contributed by atoms with van der Waals surface area (Å²) in [6, 6.07) is 0.598. The molecule has 0 radical (unpaired) electrons. The van der Waals surface area contributed by atoms with Gasteiger partial charge in [0.05, 0.1) is 6.61 Å². The summed E-state index contributed by atoms with van der Waals surface area (Å²) >= 11 is 0. The molecule has 0 spiro atoms. The molecule has 0 fully saturated rings. The van der Waals surface area contributed by atoms with Crippen LogP contribution in [-0.2, 0) is 8.85 Å². The molecule has 0 aromatic carbocycles. The topological polar surface area (TPSA) is 105 Å². The fourth-order valence-corrected chi connectivity index (χ4v) is 3.85. The lowest BCUT2D eigenvalue weighted by Crippen LogP contribution is -2.43. The Morgan fingerprint density at radius 1 is 0.889 bits per heavy atom. The zero-order chi connectivity index (χ0) is 20.0. The van der Waals surface area contributed by atoms with Crippen molar-refractivity contribution in [1.29, 1.82) is 0 Å². The van der Waals surface area contributed by atoms with Crippen molar-refractivity contribution in [3.05, 3.63) is 25.3 Å². The summed E-state index contributed by atoms with van der Waals surface area (Å²) < 4.78 is 27.1. The van der Waals surface area contributed by atoms with Crippen molar-refractivity contribution in [2.45, 2.75) is 32.7 Å². The predicted octanol–water partition coefficient (Wildman–Crippen LogP) is 2.16. The Morgan fingerprint density at radius 2 is 1.44 bits per heavy atom. The third kappa shape index (κ3) is 9.47. The van der Waals surface area contributed by atoms with Gasteiger partial charge in [0.25, 0.3) is 0 Å². The lowest BCUT2D eigenvalue weighted by molar-refractivity contribution is 0.100. The van der Waals surface area contributed by atoms with Crippen LogP contribution in [0.3, 0.4) is 0 Å². The second-order valence-corrected chi connectivity index (χ2v) is 7.83. The van der Waals surface area contributed by atoms with Gasteiger partial charge in [-0.1, -0.05) is 32.2 Å². The van der Waals surface area contributed by atoms with Gasteiger partial charge in [0.15, 0.2) is 0 Å². The molecule has 1 atom stereocenters. The number of hydrogen-bond donors (Lipinski definition) is 1. The molecule has 0 aliphatic heterocycles. The fraction of sp³-hybridized carbons (Fsp3) is 0.588. The maximum Gasteiger partial charge on any atom is 0.498 e. The number of aromatic nitrogens is 3. The highest BCUT2D eigenvalue weighted by atomic mass is 28.4. The van der Waals surface area contributed by atoms with Crippen molar-refractivity contribution in [3.8, 4) is 18.0 Å². The molecule has 1 aromatic heterocycles. The second kappa shape index (κ2) is 13.2. The molecule has 0 amide bonds. The summed E-state index contributed by atoms with van der Waals surface area (Å²) in [4.78, 5) is 22.6. The Balaban J connectivity index is 2.62. The Labute approximate surface area is 161 Å². The molecule has 1 N–H and O–H groups in total. The predicted molar refractivity (Wildman–Crippen MR) is 102 cm³/mol. The first-order chi connectivity index (χ1) is 13.1. The van der Waals surface area contributed by atoms with Gasteiger partial charge >= 0.3 is 26.8 Å². The zero-order valence-corrected chi connectivity index (χ0v) is 17.1. The van der Waals surface area contributed by atoms with E-state index in [-0.39, 0.29) is 37.9 Å². The molecule has 0 bridgehead atoms. The molecule has 1 heterocycles. The van der Waals surface area contributed by atoms with E-state index in [2.05, 4.69) is 28.1 Å². The lowest BCUT2D eigenvalue weighted by atomic mass is 10.5. The fourth-order valence-electron chi connectivity index (χ4n) is 1.91. The Bertz CT molecular complexity index is 547. The summed E-state index contributed by atoms with van der Waals surface area (Å²) in [5.74, 6) is 0. The number of rotatable bonds is 16. The van der Waals surface area contributed by atoms with Crippen molar-refractivity contribution in [1.82, 2.24) is 15.0 Å². The van der Waals surface area contributed by atoms with Crippen molar-refractivity contribution in [3.63, 3.8) is 0 Å². The van der Waals surface area contributed by atoms with Crippen LogP contribution in [0.15, 0.2) is 25.3 Å². The van der Waals surface area contributed by atoms with E-state index >= 15 is 0 Å². The lowest BCUT2D eigenvalue weighted by Gasteiger charge is -2.23. The van der Waals surface area contributed by atoms with Crippen LogP contribution in [-0.4, -0.2) is 61.6 Å². The van der Waals surface area contributed by atoms with Gasteiger partial charge in [0, 0.05) is 19.3 Å². The molecule has 1 unspecified atom stereocenters. The van der Waals surface area contributed by atoms with Crippen LogP contribution in [0.25, 0.3) is 0 Å². The highest BCUT2D eigenvalue weighted by Crippen LogP contribution is 2.17. The summed E-state index contributed by atoms with van der Waals surface area (Å²) in [6.07, 6.45) is 4.47. The van der Waals surface area contributed by atoms with E-state index in [9.17, 15) is 4.80 Å².